The van der Waals surface area contributed by atoms with E-state index < -0.39 is 0 Å². The molecule has 1 unspecified atom stereocenters. The highest BCUT2D eigenvalue weighted by Crippen LogP contribution is 2.42. The molecule has 3 aromatic rings. The van der Waals surface area contributed by atoms with Crippen LogP contribution in [0.4, 0.5) is 11.4 Å². The minimum Gasteiger partial charge on any atom is -0.497 e. The van der Waals surface area contributed by atoms with Gasteiger partial charge in [-0.2, -0.15) is 0 Å². The number of carbonyl (C=O) groups excluding carboxylic acids is 2. The van der Waals surface area contributed by atoms with Crippen LogP contribution in [-0.4, -0.2) is 24.7 Å². The summed E-state index contributed by atoms with van der Waals surface area (Å²) in [6, 6.07) is 22.3. The Hall–Kier alpha value is -2.77. The number of hydrogen-bond acceptors (Lipinski definition) is 4. The normalized spacial score (nSPS) is 15.9. The zero-order chi connectivity index (χ0) is 21.1. The lowest BCUT2D eigenvalue weighted by Gasteiger charge is -2.25. The Morgan fingerprint density at radius 2 is 1.87 bits per heavy atom. The Morgan fingerprint density at radius 1 is 1.10 bits per heavy atom. The van der Waals surface area contributed by atoms with Gasteiger partial charge in [-0.15, -0.1) is 11.8 Å². The van der Waals surface area contributed by atoms with E-state index in [0.717, 1.165) is 21.5 Å². The van der Waals surface area contributed by atoms with Gasteiger partial charge in [-0.05, 0) is 60.2 Å². The molecular weight excluding hydrogens is 464 g/mol. The van der Waals surface area contributed by atoms with E-state index >= 15 is 0 Å². The van der Waals surface area contributed by atoms with Crippen molar-refractivity contribution in [1.29, 1.82) is 0 Å². The zero-order valence-corrected chi connectivity index (χ0v) is 18.6. The number of thioether (sulfide) groups is 1. The third kappa shape index (κ3) is 4.37. The minimum absolute atomic E-state index is 0.0544. The summed E-state index contributed by atoms with van der Waals surface area (Å²) < 4.78 is 6.06. The zero-order valence-electron chi connectivity index (χ0n) is 16.2. The predicted molar refractivity (Wildman–Crippen MR) is 124 cm³/mol. The second kappa shape index (κ2) is 8.93. The molecule has 0 aliphatic carbocycles. The van der Waals surface area contributed by atoms with Gasteiger partial charge in [0.25, 0.3) is 5.91 Å². The first-order chi connectivity index (χ1) is 14.5. The van der Waals surface area contributed by atoms with Crippen molar-refractivity contribution in [3.63, 3.8) is 0 Å². The Morgan fingerprint density at radius 3 is 2.60 bits per heavy atom. The van der Waals surface area contributed by atoms with E-state index in [1.165, 1.54) is 0 Å². The molecule has 1 atom stereocenters. The topological polar surface area (TPSA) is 58.6 Å². The van der Waals surface area contributed by atoms with Gasteiger partial charge in [-0.3, -0.25) is 14.5 Å². The summed E-state index contributed by atoms with van der Waals surface area (Å²) in [5, 5.41) is 2.78. The Kier molecular flexibility index (Phi) is 6.11. The molecule has 1 fully saturated rings. The van der Waals surface area contributed by atoms with Gasteiger partial charge in [-0.25, -0.2) is 0 Å². The van der Waals surface area contributed by atoms with Gasteiger partial charge in [0, 0.05) is 21.4 Å². The van der Waals surface area contributed by atoms with E-state index in [2.05, 4.69) is 21.2 Å². The number of hydrogen-bond donors (Lipinski definition) is 1. The van der Waals surface area contributed by atoms with Gasteiger partial charge in [-0.1, -0.05) is 34.1 Å². The highest BCUT2D eigenvalue weighted by molar-refractivity contribution is 9.10. The molecule has 3 aromatic carbocycles. The molecule has 0 radical (unpaired) electrons. The first-order valence-corrected chi connectivity index (χ1v) is 11.1. The smallest absolute Gasteiger partial charge is 0.255 e. The molecule has 1 saturated heterocycles. The SMILES string of the molecule is COc1ccc(N2C(=O)CSC2c2cccc(NC(=O)c3cccc(Br)c3)c2)cc1. The van der Waals surface area contributed by atoms with Crippen molar-refractivity contribution in [2.45, 2.75) is 5.37 Å². The number of amides is 2. The second-order valence-corrected chi connectivity index (χ2v) is 8.70. The molecule has 0 spiro atoms. The number of nitrogens with zero attached hydrogens (tertiary/aromatic N) is 1. The molecule has 5 nitrogen and oxygen atoms in total. The quantitative estimate of drug-likeness (QED) is 0.522. The van der Waals surface area contributed by atoms with Crippen LogP contribution in [0.25, 0.3) is 0 Å². The number of anilines is 2. The molecule has 0 saturated carbocycles. The van der Waals surface area contributed by atoms with Gasteiger partial charge < -0.3 is 10.1 Å². The summed E-state index contributed by atoms with van der Waals surface area (Å²) >= 11 is 4.96. The van der Waals surface area contributed by atoms with Crippen molar-refractivity contribution in [3.8, 4) is 5.75 Å². The van der Waals surface area contributed by atoms with Crippen molar-refractivity contribution in [1.82, 2.24) is 0 Å². The summed E-state index contributed by atoms with van der Waals surface area (Å²) in [7, 11) is 1.61. The summed E-state index contributed by atoms with van der Waals surface area (Å²) in [4.78, 5) is 27.0. The van der Waals surface area contributed by atoms with E-state index in [1.54, 1.807) is 35.9 Å². The summed E-state index contributed by atoms with van der Waals surface area (Å²) in [6.07, 6.45) is 0. The van der Waals surface area contributed by atoms with Crippen LogP contribution < -0.4 is 15.0 Å². The van der Waals surface area contributed by atoms with Gasteiger partial charge in [0.2, 0.25) is 5.91 Å². The van der Waals surface area contributed by atoms with Crippen LogP contribution in [0.5, 0.6) is 5.75 Å². The van der Waals surface area contributed by atoms with Crippen LogP contribution in [0.2, 0.25) is 0 Å². The monoisotopic (exact) mass is 482 g/mol. The second-order valence-electron chi connectivity index (χ2n) is 6.72. The summed E-state index contributed by atoms with van der Waals surface area (Å²) in [5.74, 6) is 1.02. The van der Waals surface area contributed by atoms with E-state index in [9.17, 15) is 9.59 Å². The molecule has 1 heterocycles. The fourth-order valence-corrected chi connectivity index (χ4v) is 4.86. The van der Waals surface area contributed by atoms with Crippen LogP contribution in [0.1, 0.15) is 21.3 Å². The third-order valence-electron chi connectivity index (χ3n) is 4.73. The highest BCUT2D eigenvalue weighted by atomic mass is 79.9. The van der Waals surface area contributed by atoms with Crippen LogP contribution in [-0.2, 0) is 4.79 Å². The standard InChI is InChI=1S/C23H19BrN2O3S/c1-29-20-10-8-19(9-11-20)26-21(27)14-30-23(26)16-5-3-7-18(13-16)25-22(28)15-4-2-6-17(24)12-15/h2-13,23H,14H2,1H3,(H,25,28). The molecule has 7 heteroatoms. The molecule has 30 heavy (non-hydrogen) atoms. The highest BCUT2D eigenvalue weighted by Gasteiger charge is 2.34. The number of benzene rings is 3. The average Bonchev–Trinajstić information content (AvgIpc) is 3.15. The van der Waals surface area contributed by atoms with E-state index in [-0.39, 0.29) is 17.2 Å². The van der Waals surface area contributed by atoms with Crippen LogP contribution in [0.3, 0.4) is 0 Å². The molecule has 1 N–H and O–H groups in total. The maximum atomic E-state index is 12.6. The molecule has 1 aliphatic rings. The summed E-state index contributed by atoms with van der Waals surface area (Å²) in [5.41, 5.74) is 3.03. The lowest BCUT2D eigenvalue weighted by molar-refractivity contribution is -0.115. The first-order valence-electron chi connectivity index (χ1n) is 9.30. The lowest BCUT2D eigenvalue weighted by Crippen LogP contribution is -2.27. The predicted octanol–water partition coefficient (Wildman–Crippen LogP) is 5.49. The molecule has 2 amide bonds. The molecule has 0 bridgehead atoms. The van der Waals surface area contributed by atoms with Crippen molar-refractivity contribution in [2.24, 2.45) is 0 Å². The number of rotatable bonds is 5. The number of nitrogens with one attached hydrogen (secondary N) is 1. The van der Waals surface area contributed by atoms with E-state index in [4.69, 9.17) is 4.74 Å². The first kappa shape index (κ1) is 20.5. The Bertz CT molecular complexity index is 1090. The van der Waals surface area contributed by atoms with Crippen molar-refractivity contribution in [3.05, 3.63) is 88.4 Å². The molecule has 4 rings (SSSR count). The third-order valence-corrected chi connectivity index (χ3v) is 6.44. The molecule has 152 valence electrons. The average molecular weight is 483 g/mol. The van der Waals surface area contributed by atoms with E-state index in [1.807, 2.05) is 60.7 Å². The van der Waals surface area contributed by atoms with Crippen molar-refractivity contribution < 1.29 is 14.3 Å². The lowest BCUT2D eigenvalue weighted by atomic mass is 10.1. The summed E-state index contributed by atoms with van der Waals surface area (Å²) in [6.45, 7) is 0. The van der Waals surface area contributed by atoms with Gasteiger partial charge in [0.15, 0.2) is 0 Å². The molecular formula is C23H19BrN2O3S. The maximum absolute atomic E-state index is 12.6. The van der Waals surface area contributed by atoms with E-state index in [0.29, 0.717) is 17.0 Å². The largest absolute Gasteiger partial charge is 0.497 e. The molecule has 0 aromatic heterocycles. The molecule has 1 aliphatic heterocycles. The maximum Gasteiger partial charge on any atom is 0.255 e. The van der Waals surface area contributed by atoms with Gasteiger partial charge in [0.1, 0.15) is 11.1 Å². The fraction of sp³-hybridized carbons (Fsp3) is 0.130. The van der Waals surface area contributed by atoms with Crippen LogP contribution >= 0.6 is 27.7 Å². The Balaban J connectivity index is 1.57. The van der Waals surface area contributed by atoms with Crippen LogP contribution in [0, 0.1) is 0 Å². The minimum atomic E-state index is -0.185. The number of halogens is 1. The van der Waals surface area contributed by atoms with Crippen LogP contribution in [0.15, 0.2) is 77.3 Å². The van der Waals surface area contributed by atoms with Gasteiger partial charge >= 0.3 is 0 Å². The fourth-order valence-electron chi connectivity index (χ4n) is 3.30. The number of ether oxygens (including phenoxy) is 1. The van der Waals surface area contributed by atoms with Crippen molar-refractivity contribution in [2.75, 3.05) is 23.1 Å². The Labute approximate surface area is 187 Å². The van der Waals surface area contributed by atoms with Crippen molar-refractivity contribution >= 4 is 50.9 Å². The number of methoxy groups -OCH3 is 1. The number of carbonyl (C=O) groups is 2. The van der Waals surface area contributed by atoms with Gasteiger partial charge in [0.05, 0.1) is 12.9 Å².